The fraction of sp³-hybridized carbons (Fsp3) is 0.267. The Morgan fingerprint density at radius 2 is 1.83 bits per heavy atom. The van der Waals surface area contributed by atoms with Crippen LogP contribution in [-0.4, -0.2) is 46.1 Å². The number of carboxylic acids is 1. The Labute approximate surface area is 236 Å². The van der Waals surface area contributed by atoms with Crippen LogP contribution < -0.4 is 16.0 Å². The first-order valence-corrected chi connectivity index (χ1v) is 13.2. The van der Waals surface area contributed by atoms with E-state index in [-0.39, 0.29) is 32.4 Å². The number of ether oxygens (including phenoxy) is 1. The maximum atomic E-state index is 13.4. The zero-order valence-corrected chi connectivity index (χ0v) is 22.6. The zero-order valence-electron chi connectivity index (χ0n) is 22.6. The average molecular weight is 561 g/mol. The number of aromatic nitrogens is 1. The predicted octanol–water partition coefficient (Wildman–Crippen LogP) is 4.23. The van der Waals surface area contributed by atoms with Gasteiger partial charge in [0.2, 0.25) is 5.91 Å². The summed E-state index contributed by atoms with van der Waals surface area (Å²) in [4.78, 5) is 49.8. The number of hydrogen-bond donors (Lipinski definition) is 4. The molecule has 4 rings (SSSR count). The average Bonchev–Trinajstić information content (AvgIpc) is 3.61. The predicted molar refractivity (Wildman–Crippen MR) is 151 cm³/mol. The summed E-state index contributed by atoms with van der Waals surface area (Å²) in [5.74, 6) is -1.82. The van der Waals surface area contributed by atoms with Gasteiger partial charge in [0.1, 0.15) is 18.3 Å². The molecule has 1 atom stereocenters. The molecule has 0 unspecified atom stereocenters. The van der Waals surface area contributed by atoms with E-state index in [9.17, 15) is 19.2 Å². The van der Waals surface area contributed by atoms with E-state index in [1.165, 1.54) is 12.5 Å². The molecule has 0 aliphatic rings. The maximum Gasteiger partial charge on any atom is 0.407 e. The monoisotopic (exact) mass is 560 g/mol. The molecule has 4 aromatic rings. The molecule has 2 aromatic carbocycles. The molecule has 0 fully saturated rings. The van der Waals surface area contributed by atoms with Crippen LogP contribution in [0.3, 0.4) is 0 Å². The van der Waals surface area contributed by atoms with E-state index < -0.39 is 29.9 Å². The summed E-state index contributed by atoms with van der Waals surface area (Å²) in [6.45, 7) is 0.281. The minimum Gasteiger partial charge on any atom is -0.481 e. The number of carbonyl (C=O) groups is 4. The molecule has 3 amide bonds. The highest BCUT2D eigenvalue weighted by Gasteiger charge is 2.24. The van der Waals surface area contributed by atoms with E-state index >= 15 is 0 Å². The number of anilines is 1. The van der Waals surface area contributed by atoms with Crippen LogP contribution in [-0.2, 0) is 34.4 Å². The van der Waals surface area contributed by atoms with Crippen LogP contribution in [0.4, 0.5) is 10.5 Å². The topological polar surface area (TPSA) is 152 Å². The van der Waals surface area contributed by atoms with Crippen molar-refractivity contribution in [3.8, 4) is 0 Å². The lowest BCUT2D eigenvalue weighted by Crippen LogP contribution is -2.44. The van der Waals surface area contributed by atoms with Crippen molar-refractivity contribution in [2.24, 2.45) is 7.05 Å². The fourth-order valence-corrected chi connectivity index (χ4v) is 4.40. The zero-order chi connectivity index (χ0) is 29.2. The number of carboxylic acid groups (broad SMARTS) is 1. The Bertz CT molecular complexity index is 1510. The molecule has 0 saturated heterocycles. The van der Waals surface area contributed by atoms with Gasteiger partial charge in [-0.1, -0.05) is 36.4 Å². The lowest BCUT2D eigenvalue weighted by Gasteiger charge is -2.20. The van der Waals surface area contributed by atoms with Crippen LogP contribution in [0.2, 0.25) is 0 Å². The Balaban J connectivity index is 1.42. The van der Waals surface area contributed by atoms with Crippen molar-refractivity contribution in [3.05, 3.63) is 90.0 Å². The van der Waals surface area contributed by atoms with Gasteiger partial charge in [0.05, 0.1) is 12.5 Å². The third-order valence-corrected chi connectivity index (χ3v) is 6.58. The van der Waals surface area contributed by atoms with Crippen LogP contribution in [0.25, 0.3) is 10.9 Å². The van der Waals surface area contributed by atoms with Crippen molar-refractivity contribution in [1.82, 2.24) is 15.2 Å². The van der Waals surface area contributed by atoms with Crippen LogP contribution in [0, 0.1) is 0 Å². The molecule has 0 spiro atoms. The molecule has 11 heteroatoms. The summed E-state index contributed by atoms with van der Waals surface area (Å²) in [5.41, 5.74) is 3.14. The van der Waals surface area contributed by atoms with E-state index in [4.69, 9.17) is 14.3 Å². The molecule has 0 aliphatic heterocycles. The van der Waals surface area contributed by atoms with Crippen LogP contribution in [0.5, 0.6) is 0 Å². The number of para-hydroxylation sites is 2. The molecular formula is C30H32N4O7. The van der Waals surface area contributed by atoms with Crippen LogP contribution in [0.15, 0.2) is 77.6 Å². The number of aryl methyl sites for hydroxylation is 2. The van der Waals surface area contributed by atoms with E-state index in [1.807, 2.05) is 24.3 Å². The van der Waals surface area contributed by atoms with E-state index in [1.54, 1.807) is 48.0 Å². The molecule has 0 saturated carbocycles. The molecule has 4 N–H and O–H groups in total. The Kier molecular flexibility index (Phi) is 9.76. The number of rotatable bonds is 13. The number of fused-ring (bicyclic) bond motifs is 1. The number of nitrogens with zero attached hydrogens (tertiary/aromatic N) is 1. The third kappa shape index (κ3) is 7.98. The summed E-state index contributed by atoms with van der Waals surface area (Å²) in [7, 11) is 1.78. The second-order valence-electron chi connectivity index (χ2n) is 9.49. The number of benzene rings is 2. The van der Waals surface area contributed by atoms with Crippen LogP contribution >= 0.6 is 0 Å². The number of amides is 3. The van der Waals surface area contributed by atoms with Crippen molar-refractivity contribution < 1.29 is 33.4 Å². The lowest BCUT2D eigenvalue weighted by atomic mass is 10.1. The van der Waals surface area contributed by atoms with Gasteiger partial charge in [0.25, 0.3) is 5.91 Å². The number of nitrogens with one attached hydrogen (secondary N) is 3. The number of furan rings is 1. The van der Waals surface area contributed by atoms with Crippen molar-refractivity contribution in [2.45, 2.75) is 38.3 Å². The third-order valence-electron chi connectivity index (χ3n) is 6.58. The van der Waals surface area contributed by atoms with Crippen molar-refractivity contribution in [2.75, 3.05) is 11.9 Å². The van der Waals surface area contributed by atoms with Gasteiger partial charge >= 0.3 is 12.1 Å². The molecule has 2 aromatic heterocycles. The second kappa shape index (κ2) is 13.8. The van der Waals surface area contributed by atoms with E-state index in [0.29, 0.717) is 23.4 Å². The summed E-state index contributed by atoms with van der Waals surface area (Å²) in [6, 6.07) is 17.0. The van der Waals surface area contributed by atoms with Gasteiger partial charge in [-0.3, -0.25) is 14.4 Å². The molecule has 2 heterocycles. The van der Waals surface area contributed by atoms with E-state index in [0.717, 1.165) is 16.5 Å². The molecule has 0 aliphatic carbocycles. The van der Waals surface area contributed by atoms with Crippen LogP contribution in [0.1, 0.15) is 40.9 Å². The van der Waals surface area contributed by atoms with Gasteiger partial charge in [0.15, 0.2) is 0 Å². The summed E-state index contributed by atoms with van der Waals surface area (Å²) in [5, 5.41) is 18.3. The molecule has 214 valence electrons. The summed E-state index contributed by atoms with van der Waals surface area (Å²) < 4.78 is 11.8. The van der Waals surface area contributed by atoms with Gasteiger partial charge in [-0.2, -0.15) is 0 Å². The highest BCUT2D eigenvalue weighted by atomic mass is 16.5. The maximum absolute atomic E-state index is 13.4. The van der Waals surface area contributed by atoms with Crippen molar-refractivity contribution in [1.29, 1.82) is 0 Å². The number of alkyl carbamates (subject to hydrolysis) is 1. The van der Waals surface area contributed by atoms with Gasteiger partial charge in [-0.15, -0.1) is 0 Å². The standard InChI is InChI=1S/C30H32N4O7/c1-34-25-11-5-3-8-22(25)17-26(34)29(38)33-24(10-6-15-31-30(39)41-19-20-14-16-40-18-20)28(37)32-23-9-4-2-7-21(23)12-13-27(35)36/h2-5,7-9,11,14,16-18,24H,6,10,12-13,15,19H2,1H3,(H,31,39)(H,32,37)(H,33,38)(H,35,36)/t24-/m0/s1. The first-order chi connectivity index (χ1) is 19.8. The SMILES string of the molecule is Cn1c(C(=O)N[C@@H](CCCNC(=O)OCc2ccoc2)C(=O)Nc2ccccc2CCC(=O)O)cc2ccccc21. The van der Waals surface area contributed by atoms with Gasteiger partial charge in [-0.05, 0) is 49.1 Å². The Morgan fingerprint density at radius 1 is 1.05 bits per heavy atom. The summed E-state index contributed by atoms with van der Waals surface area (Å²) in [6.07, 6.45) is 3.10. The van der Waals surface area contributed by atoms with Crippen molar-refractivity contribution in [3.63, 3.8) is 0 Å². The largest absolute Gasteiger partial charge is 0.481 e. The van der Waals surface area contributed by atoms with Gasteiger partial charge < -0.3 is 34.8 Å². The first-order valence-electron chi connectivity index (χ1n) is 13.2. The molecule has 11 nitrogen and oxygen atoms in total. The Hall–Kier alpha value is -5.06. The molecule has 41 heavy (non-hydrogen) atoms. The molecular weight excluding hydrogens is 528 g/mol. The minimum absolute atomic E-state index is 0.0652. The number of carbonyl (C=O) groups excluding carboxylic acids is 3. The normalized spacial score (nSPS) is 11.5. The lowest BCUT2D eigenvalue weighted by molar-refractivity contribution is -0.137. The smallest absolute Gasteiger partial charge is 0.407 e. The molecule has 0 bridgehead atoms. The van der Waals surface area contributed by atoms with Gasteiger partial charge in [0, 0.05) is 42.2 Å². The van der Waals surface area contributed by atoms with E-state index in [2.05, 4.69) is 16.0 Å². The minimum atomic E-state index is -0.943. The number of hydrogen-bond acceptors (Lipinski definition) is 6. The second-order valence-corrected chi connectivity index (χ2v) is 9.49. The first kappa shape index (κ1) is 28.9. The fourth-order valence-electron chi connectivity index (χ4n) is 4.40. The Morgan fingerprint density at radius 3 is 2.59 bits per heavy atom. The highest BCUT2D eigenvalue weighted by molar-refractivity contribution is 6.03. The van der Waals surface area contributed by atoms with Gasteiger partial charge in [-0.25, -0.2) is 4.79 Å². The summed E-state index contributed by atoms with van der Waals surface area (Å²) >= 11 is 0. The highest BCUT2D eigenvalue weighted by Crippen LogP contribution is 2.20. The molecule has 0 radical (unpaired) electrons. The van der Waals surface area contributed by atoms with Crippen molar-refractivity contribution >= 4 is 40.5 Å². The number of aliphatic carboxylic acids is 1. The quantitative estimate of drug-likeness (QED) is 0.179.